The van der Waals surface area contributed by atoms with E-state index in [1.165, 1.54) is 17.5 Å². The summed E-state index contributed by atoms with van der Waals surface area (Å²) in [6.45, 7) is 0.237. The van der Waals surface area contributed by atoms with Gasteiger partial charge >= 0.3 is 6.09 Å². The number of anilines is 1. The van der Waals surface area contributed by atoms with E-state index in [1.807, 2.05) is 30.3 Å². The van der Waals surface area contributed by atoms with Gasteiger partial charge in [-0.3, -0.25) is 4.90 Å². The molecule has 4 rings (SSSR count). The van der Waals surface area contributed by atoms with Crippen molar-refractivity contribution in [3.05, 3.63) is 71.7 Å². The van der Waals surface area contributed by atoms with Crippen molar-refractivity contribution >= 4 is 34.7 Å². The largest absolute Gasteiger partial charge is 0.467 e. The maximum absolute atomic E-state index is 12.8. The van der Waals surface area contributed by atoms with E-state index in [2.05, 4.69) is 19.9 Å². The molecule has 3 heterocycles. The molecular weight excluding hydrogens is 370 g/mol. The number of benzene rings is 1. The van der Waals surface area contributed by atoms with Crippen molar-refractivity contribution in [2.45, 2.75) is 13.2 Å². The van der Waals surface area contributed by atoms with Crippen molar-refractivity contribution < 1.29 is 13.9 Å². The molecule has 9 heteroatoms. The smallest absolute Gasteiger partial charge is 0.416 e. The first kappa shape index (κ1) is 17.0. The molecule has 0 aliphatic heterocycles. The summed E-state index contributed by atoms with van der Waals surface area (Å²) < 4.78 is 10.8. The molecule has 0 fully saturated rings. The number of fused-ring (bicyclic) bond motifs is 1. The van der Waals surface area contributed by atoms with Crippen LogP contribution in [0.3, 0.4) is 0 Å². The summed E-state index contributed by atoms with van der Waals surface area (Å²) in [5, 5.41) is -0.0232. The fraction of sp³-hybridized carbons (Fsp3) is 0.111. The molecule has 4 aromatic rings. The number of carbonyl (C=O) groups excluding carboxylic acids is 1. The minimum Gasteiger partial charge on any atom is -0.467 e. The van der Waals surface area contributed by atoms with Crippen LogP contribution in [0.1, 0.15) is 11.3 Å². The molecule has 0 aliphatic carbocycles. The standard InChI is InChI=1S/C18H14ClN5O3/c19-17-22-15-14(20-11-21-15)16(23-17)24(9-13-7-4-8-26-13)18(25)27-10-12-5-2-1-3-6-12/h1-8,11H,9-10H2,(H,20,21,22,23). The van der Waals surface area contributed by atoms with Crippen LogP contribution < -0.4 is 4.90 Å². The summed E-state index contributed by atoms with van der Waals surface area (Å²) in [6.07, 6.45) is 2.39. The lowest BCUT2D eigenvalue weighted by Crippen LogP contribution is -2.32. The Morgan fingerprint density at radius 1 is 1.19 bits per heavy atom. The molecule has 0 spiro atoms. The molecule has 8 nitrogen and oxygen atoms in total. The molecule has 0 saturated carbocycles. The van der Waals surface area contributed by atoms with E-state index >= 15 is 0 Å². The number of rotatable bonds is 5. The van der Waals surface area contributed by atoms with Gasteiger partial charge in [0.2, 0.25) is 5.28 Å². The third-order valence-corrected chi connectivity index (χ3v) is 3.98. The van der Waals surface area contributed by atoms with Crippen LogP contribution in [0.15, 0.2) is 59.5 Å². The topological polar surface area (TPSA) is 97.1 Å². The van der Waals surface area contributed by atoms with Crippen molar-refractivity contribution in [3.8, 4) is 0 Å². The Morgan fingerprint density at radius 2 is 2.04 bits per heavy atom. The second-order valence-corrected chi connectivity index (χ2v) is 5.96. The number of amides is 1. The number of aromatic amines is 1. The van der Waals surface area contributed by atoms with Crippen LogP contribution in [-0.2, 0) is 17.9 Å². The summed E-state index contributed by atoms with van der Waals surface area (Å²) in [6, 6.07) is 12.9. The van der Waals surface area contributed by atoms with Crippen LogP contribution in [0.4, 0.5) is 10.6 Å². The first-order valence-corrected chi connectivity index (χ1v) is 8.46. The Kier molecular flexibility index (Phi) is 4.71. The number of nitrogens with one attached hydrogen (secondary N) is 1. The molecule has 1 amide bonds. The van der Waals surface area contributed by atoms with Gasteiger partial charge in [-0.25, -0.2) is 9.78 Å². The molecule has 136 valence electrons. The van der Waals surface area contributed by atoms with Crippen LogP contribution >= 0.6 is 11.6 Å². The Morgan fingerprint density at radius 3 is 2.81 bits per heavy atom. The van der Waals surface area contributed by atoms with Gasteiger partial charge in [0.1, 0.15) is 17.9 Å². The summed E-state index contributed by atoms with van der Waals surface area (Å²) in [4.78, 5) is 29.4. The van der Waals surface area contributed by atoms with Gasteiger partial charge in [0, 0.05) is 0 Å². The summed E-state index contributed by atoms with van der Waals surface area (Å²) >= 11 is 6.01. The average Bonchev–Trinajstić information content (AvgIpc) is 3.36. The highest BCUT2D eigenvalue weighted by Gasteiger charge is 2.24. The van der Waals surface area contributed by atoms with Crippen molar-refractivity contribution in [2.75, 3.05) is 4.90 Å². The highest BCUT2D eigenvalue weighted by molar-refractivity contribution is 6.28. The number of nitrogens with zero attached hydrogens (tertiary/aromatic N) is 4. The lowest BCUT2D eigenvalue weighted by Gasteiger charge is -2.20. The number of furan rings is 1. The zero-order valence-electron chi connectivity index (χ0n) is 14.0. The minimum absolute atomic E-state index is 0.0232. The van der Waals surface area contributed by atoms with E-state index in [0.29, 0.717) is 16.9 Å². The van der Waals surface area contributed by atoms with Crippen molar-refractivity contribution in [2.24, 2.45) is 0 Å². The number of carbonyl (C=O) groups is 1. The van der Waals surface area contributed by atoms with Crippen molar-refractivity contribution in [3.63, 3.8) is 0 Å². The number of hydrogen-bond acceptors (Lipinski definition) is 6. The molecule has 0 unspecified atom stereocenters. The molecule has 27 heavy (non-hydrogen) atoms. The van der Waals surface area contributed by atoms with Crippen molar-refractivity contribution in [1.29, 1.82) is 0 Å². The third kappa shape index (κ3) is 3.75. The molecule has 0 radical (unpaired) electrons. The van der Waals surface area contributed by atoms with E-state index in [9.17, 15) is 4.79 Å². The Hall–Kier alpha value is -3.39. The lowest BCUT2D eigenvalue weighted by atomic mass is 10.2. The van der Waals surface area contributed by atoms with Crippen molar-refractivity contribution in [1.82, 2.24) is 19.9 Å². The highest BCUT2D eigenvalue weighted by atomic mass is 35.5. The Balaban J connectivity index is 1.66. The number of H-pyrrole nitrogens is 1. The van der Waals surface area contributed by atoms with E-state index in [4.69, 9.17) is 20.8 Å². The van der Waals surface area contributed by atoms with Crippen LogP contribution in [0.5, 0.6) is 0 Å². The van der Waals surface area contributed by atoms with E-state index in [0.717, 1.165) is 5.56 Å². The molecule has 0 aliphatic rings. The molecule has 0 bridgehead atoms. The maximum Gasteiger partial charge on any atom is 0.416 e. The summed E-state index contributed by atoms with van der Waals surface area (Å²) in [5.41, 5.74) is 1.70. The van der Waals surface area contributed by atoms with Crippen LogP contribution in [0.2, 0.25) is 5.28 Å². The van der Waals surface area contributed by atoms with Gasteiger partial charge < -0.3 is 14.1 Å². The monoisotopic (exact) mass is 383 g/mol. The van der Waals surface area contributed by atoms with Gasteiger partial charge in [-0.05, 0) is 29.3 Å². The van der Waals surface area contributed by atoms with Gasteiger partial charge in [-0.15, -0.1) is 0 Å². The van der Waals surface area contributed by atoms with E-state index in [1.54, 1.807) is 12.1 Å². The maximum atomic E-state index is 12.8. The Labute approximate surface area is 158 Å². The fourth-order valence-electron chi connectivity index (χ4n) is 2.57. The third-order valence-electron chi connectivity index (χ3n) is 3.81. The number of aromatic nitrogens is 4. The predicted molar refractivity (Wildman–Crippen MR) is 98.2 cm³/mol. The molecule has 3 aromatic heterocycles. The SMILES string of the molecule is O=C(OCc1ccccc1)N(Cc1ccco1)c1nc(Cl)nc2nc[nH]c12. The van der Waals surface area contributed by atoms with E-state index in [-0.39, 0.29) is 24.3 Å². The highest BCUT2D eigenvalue weighted by Crippen LogP contribution is 2.25. The molecular formula is C18H14ClN5O3. The average molecular weight is 384 g/mol. The molecule has 0 atom stereocenters. The molecule has 1 aromatic carbocycles. The number of ether oxygens (including phenoxy) is 1. The predicted octanol–water partition coefficient (Wildman–Crippen LogP) is 3.94. The molecule has 1 N–H and O–H groups in total. The van der Waals surface area contributed by atoms with Gasteiger partial charge in [0.25, 0.3) is 0 Å². The quantitative estimate of drug-likeness (QED) is 0.524. The van der Waals surface area contributed by atoms with Gasteiger partial charge in [-0.2, -0.15) is 9.97 Å². The second-order valence-electron chi connectivity index (χ2n) is 5.62. The number of halogens is 1. The van der Waals surface area contributed by atoms with Gasteiger partial charge in [0.05, 0.1) is 19.1 Å². The summed E-state index contributed by atoms with van der Waals surface area (Å²) in [5.74, 6) is 0.825. The zero-order valence-corrected chi connectivity index (χ0v) is 14.8. The van der Waals surface area contributed by atoms with Crippen LogP contribution in [0.25, 0.3) is 11.2 Å². The number of imidazole rings is 1. The van der Waals surface area contributed by atoms with E-state index < -0.39 is 6.09 Å². The Bertz CT molecular complexity index is 1050. The van der Waals surface area contributed by atoms with Crippen LogP contribution in [-0.4, -0.2) is 26.0 Å². The molecule has 0 saturated heterocycles. The summed E-state index contributed by atoms with van der Waals surface area (Å²) in [7, 11) is 0. The minimum atomic E-state index is -0.596. The van der Waals surface area contributed by atoms with Gasteiger partial charge in [-0.1, -0.05) is 30.3 Å². The first-order valence-electron chi connectivity index (χ1n) is 8.08. The van der Waals surface area contributed by atoms with Gasteiger partial charge in [0.15, 0.2) is 11.5 Å². The normalized spacial score (nSPS) is 10.9. The van der Waals surface area contributed by atoms with Crippen LogP contribution in [0, 0.1) is 0 Å². The second kappa shape index (κ2) is 7.46. The first-order chi connectivity index (χ1) is 13.2. The zero-order chi connectivity index (χ0) is 18.6. The fourth-order valence-corrected chi connectivity index (χ4v) is 2.73. The lowest BCUT2D eigenvalue weighted by molar-refractivity contribution is 0.146. The number of hydrogen-bond donors (Lipinski definition) is 1.